The van der Waals surface area contributed by atoms with Gasteiger partial charge in [0.05, 0.1) is 6.61 Å². The second-order valence-corrected chi connectivity index (χ2v) is 5.54. The molecule has 116 valence electrons. The molecule has 0 bridgehead atoms. The van der Waals surface area contributed by atoms with Crippen molar-refractivity contribution in [1.82, 2.24) is 5.32 Å². The molecule has 0 heterocycles. The van der Waals surface area contributed by atoms with Gasteiger partial charge in [0.15, 0.2) is 5.78 Å². The first-order valence-electron chi connectivity index (χ1n) is 7.14. The normalized spacial score (nSPS) is 12.2. The Kier molecular flexibility index (Phi) is 7.40. The van der Waals surface area contributed by atoms with E-state index in [1.807, 2.05) is 13.8 Å². The molecule has 1 atom stereocenters. The largest absolute Gasteiger partial charge is 0.465 e. The number of halogens is 1. The van der Waals surface area contributed by atoms with Gasteiger partial charge in [-0.25, -0.2) is 0 Å². The Bertz CT molecular complexity index is 471. The molecule has 0 saturated heterocycles. The van der Waals surface area contributed by atoms with Crippen LogP contribution in [0.4, 0.5) is 0 Å². The molecule has 1 aromatic rings. The van der Waals surface area contributed by atoms with Gasteiger partial charge in [-0.15, -0.1) is 0 Å². The van der Waals surface area contributed by atoms with E-state index in [-0.39, 0.29) is 23.7 Å². The lowest BCUT2D eigenvalue weighted by atomic mass is 10.0. The summed E-state index contributed by atoms with van der Waals surface area (Å²) in [5.74, 6) is -0.147. The molecule has 1 aromatic carbocycles. The highest BCUT2D eigenvalue weighted by atomic mass is 35.5. The van der Waals surface area contributed by atoms with E-state index in [0.29, 0.717) is 30.2 Å². The maximum absolute atomic E-state index is 12.0. The minimum absolute atomic E-state index is 0.0190. The van der Waals surface area contributed by atoms with Crippen LogP contribution in [-0.2, 0) is 9.53 Å². The highest BCUT2D eigenvalue weighted by Gasteiger charge is 2.22. The van der Waals surface area contributed by atoms with E-state index in [0.717, 1.165) is 0 Å². The van der Waals surface area contributed by atoms with Crippen LogP contribution < -0.4 is 5.32 Å². The summed E-state index contributed by atoms with van der Waals surface area (Å²) >= 11 is 5.79. The second kappa shape index (κ2) is 8.80. The number of hydrogen-bond acceptors (Lipinski definition) is 4. The number of carbonyl (C=O) groups excluding carboxylic acids is 2. The third-order valence-electron chi connectivity index (χ3n) is 3.09. The van der Waals surface area contributed by atoms with Crippen LogP contribution in [0.15, 0.2) is 24.3 Å². The van der Waals surface area contributed by atoms with E-state index in [9.17, 15) is 9.59 Å². The number of ketones is 1. The summed E-state index contributed by atoms with van der Waals surface area (Å²) in [7, 11) is 0. The summed E-state index contributed by atoms with van der Waals surface area (Å²) in [4.78, 5) is 23.8. The summed E-state index contributed by atoms with van der Waals surface area (Å²) in [5.41, 5.74) is 0.624. The highest BCUT2D eigenvalue weighted by Crippen LogP contribution is 2.11. The van der Waals surface area contributed by atoms with E-state index in [1.165, 1.54) is 0 Å². The summed E-state index contributed by atoms with van der Waals surface area (Å²) in [6, 6.07) is 6.41. The van der Waals surface area contributed by atoms with Crippen molar-refractivity contribution in [3.8, 4) is 0 Å². The molecular formula is C16H22ClNO3. The molecule has 0 fully saturated rings. The first-order valence-corrected chi connectivity index (χ1v) is 7.52. The zero-order chi connectivity index (χ0) is 15.8. The fourth-order valence-electron chi connectivity index (χ4n) is 1.94. The minimum atomic E-state index is -0.386. The summed E-state index contributed by atoms with van der Waals surface area (Å²) < 4.78 is 5.02. The van der Waals surface area contributed by atoms with E-state index in [2.05, 4.69) is 5.32 Å². The molecule has 0 unspecified atom stereocenters. The summed E-state index contributed by atoms with van der Waals surface area (Å²) in [6.07, 6.45) is 0.324. The van der Waals surface area contributed by atoms with Crippen LogP contribution >= 0.6 is 11.6 Å². The number of benzene rings is 1. The quantitative estimate of drug-likeness (QED) is 0.592. The Labute approximate surface area is 130 Å². The molecule has 0 radical (unpaired) electrons. The average molecular weight is 312 g/mol. The number of rotatable bonds is 8. The smallest absolute Gasteiger partial charge is 0.323 e. The zero-order valence-electron chi connectivity index (χ0n) is 12.7. The number of hydrogen-bond donors (Lipinski definition) is 1. The lowest BCUT2D eigenvalue weighted by Gasteiger charge is -2.20. The summed E-state index contributed by atoms with van der Waals surface area (Å²) in [6.45, 7) is 6.45. The van der Waals surface area contributed by atoms with Gasteiger partial charge in [0.25, 0.3) is 0 Å². The lowest BCUT2D eigenvalue weighted by Crippen LogP contribution is -2.43. The van der Waals surface area contributed by atoms with E-state index in [1.54, 1.807) is 31.2 Å². The fourth-order valence-corrected chi connectivity index (χ4v) is 2.07. The van der Waals surface area contributed by atoms with Crippen molar-refractivity contribution in [1.29, 1.82) is 0 Å². The van der Waals surface area contributed by atoms with Crippen LogP contribution in [0.3, 0.4) is 0 Å². The summed E-state index contributed by atoms with van der Waals surface area (Å²) in [5, 5.41) is 3.70. The Hall–Kier alpha value is -1.39. The van der Waals surface area contributed by atoms with Crippen molar-refractivity contribution in [3.05, 3.63) is 34.9 Å². The maximum Gasteiger partial charge on any atom is 0.323 e. The molecule has 0 aliphatic heterocycles. The molecule has 0 amide bonds. The van der Waals surface area contributed by atoms with Crippen LogP contribution in [0.25, 0.3) is 0 Å². The van der Waals surface area contributed by atoms with Gasteiger partial charge in [-0.3, -0.25) is 9.59 Å². The molecule has 1 N–H and O–H groups in total. The van der Waals surface area contributed by atoms with Crippen LogP contribution in [0.1, 0.15) is 37.6 Å². The van der Waals surface area contributed by atoms with E-state index >= 15 is 0 Å². The van der Waals surface area contributed by atoms with Crippen LogP contribution in [0.2, 0.25) is 5.02 Å². The van der Waals surface area contributed by atoms with Crippen molar-refractivity contribution >= 4 is 23.4 Å². The van der Waals surface area contributed by atoms with Gasteiger partial charge in [-0.1, -0.05) is 25.4 Å². The molecular weight excluding hydrogens is 290 g/mol. The SMILES string of the molecule is CCOC(=O)[C@@H](NCCC(=O)c1ccc(Cl)cc1)C(C)C. The third kappa shape index (κ3) is 5.86. The third-order valence-corrected chi connectivity index (χ3v) is 3.34. The molecule has 0 spiro atoms. The van der Waals surface area contributed by atoms with Gasteiger partial charge < -0.3 is 10.1 Å². The first-order chi connectivity index (χ1) is 9.95. The van der Waals surface area contributed by atoms with Crippen molar-refractivity contribution in [3.63, 3.8) is 0 Å². The van der Waals surface area contributed by atoms with Gasteiger partial charge in [0.2, 0.25) is 0 Å². The number of carbonyl (C=O) groups is 2. The van der Waals surface area contributed by atoms with Crippen LogP contribution in [0, 0.1) is 5.92 Å². The molecule has 21 heavy (non-hydrogen) atoms. The molecule has 0 aliphatic carbocycles. The molecule has 1 rings (SSSR count). The highest BCUT2D eigenvalue weighted by molar-refractivity contribution is 6.30. The molecule has 5 heteroatoms. The first kappa shape index (κ1) is 17.7. The predicted molar refractivity (Wildman–Crippen MR) is 83.7 cm³/mol. The van der Waals surface area contributed by atoms with Gasteiger partial charge in [-0.2, -0.15) is 0 Å². The van der Waals surface area contributed by atoms with E-state index in [4.69, 9.17) is 16.3 Å². The van der Waals surface area contributed by atoms with Gasteiger partial charge in [0, 0.05) is 23.6 Å². The van der Waals surface area contributed by atoms with Gasteiger partial charge in [-0.05, 0) is 37.1 Å². The number of esters is 1. The monoisotopic (exact) mass is 311 g/mol. The van der Waals surface area contributed by atoms with Gasteiger partial charge >= 0.3 is 5.97 Å². The molecule has 0 aromatic heterocycles. The lowest BCUT2D eigenvalue weighted by molar-refractivity contribution is -0.146. The van der Waals surface area contributed by atoms with E-state index < -0.39 is 0 Å². The standard InChI is InChI=1S/C16H22ClNO3/c1-4-21-16(20)15(11(2)3)18-10-9-14(19)12-5-7-13(17)8-6-12/h5-8,11,15,18H,4,9-10H2,1-3H3/t15-/m0/s1. The van der Waals surface area contributed by atoms with Gasteiger partial charge in [0.1, 0.15) is 6.04 Å². The molecule has 0 saturated carbocycles. The number of Topliss-reactive ketones (excluding diaryl/α,β-unsaturated/α-hetero) is 1. The Morgan fingerprint density at radius 2 is 1.86 bits per heavy atom. The average Bonchev–Trinajstić information content (AvgIpc) is 2.43. The van der Waals surface area contributed by atoms with Crippen molar-refractivity contribution in [2.45, 2.75) is 33.2 Å². The van der Waals surface area contributed by atoms with Crippen molar-refractivity contribution in [2.75, 3.05) is 13.2 Å². The van der Waals surface area contributed by atoms with Crippen LogP contribution in [-0.4, -0.2) is 30.9 Å². The fraction of sp³-hybridized carbons (Fsp3) is 0.500. The Morgan fingerprint density at radius 1 is 1.24 bits per heavy atom. The topological polar surface area (TPSA) is 55.4 Å². The Balaban J connectivity index is 2.48. The molecule has 0 aliphatic rings. The predicted octanol–water partition coefficient (Wildman–Crippen LogP) is 3.09. The number of ether oxygens (including phenoxy) is 1. The number of nitrogens with one attached hydrogen (secondary N) is 1. The van der Waals surface area contributed by atoms with Crippen molar-refractivity contribution in [2.24, 2.45) is 5.92 Å². The molecule has 4 nitrogen and oxygen atoms in total. The minimum Gasteiger partial charge on any atom is -0.465 e. The van der Waals surface area contributed by atoms with Crippen LogP contribution in [0.5, 0.6) is 0 Å². The maximum atomic E-state index is 12.0. The zero-order valence-corrected chi connectivity index (χ0v) is 13.4. The second-order valence-electron chi connectivity index (χ2n) is 5.11. The Morgan fingerprint density at radius 3 is 2.38 bits per heavy atom. The van der Waals surface area contributed by atoms with Crippen molar-refractivity contribution < 1.29 is 14.3 Å².